The molecule has 0 radical (unpaired) electrons. The van der Waals surface area contributed by atoms with Gasteiger partial charge in [-0.3, -0.25) is 0 Å². The van der Waals surface area contributed by atoms with Crippen molar-refractivity contribution in [3.63, 3.8) is 0 Å². The van der Waals surface area contributed by atoms with Crippen molar-refractivity contribution >= 4 is 11.5 Å². The molecule has 1 aromatic carbocycles. The van der Waals surface area contributed by atoms with E-state index in [1.807, 2.05) is 30.3 Å². The Balaban J connectivity index is 1.85. The molecule has 0 aliphatic rings. The highest BCUT2D eigenvalue weighted by Crippen LogP contribution is 2.10. The van der Waals surface area contributed by atoms with Gasteiger partial charge >= 0.3 is 6.01 Å². The highest BCUT2D eigenvalue weighted by molar-refractivity contribution is 5.44. The zero-order valence-electron chi connectivity index (χ0n) is 10.2. The van der Waals surface area contributed by atoms with E-state index in [9.17, 15) is 4.39 Å². The highest BCUT2D eigenvalue weighted by Gasteiger charge is 2.05. The van der Waals surface area contributed by atoms with Crippen LogP contribution < -0.4 is 21.3 Å². The number of nitrogens with zero attached hydrogens (tertiary/aromatic N) is 3. The van der Waals surface area contributed by atoms with Crippen LogP contribution in [-0.2, 0) is 0 Å². The minimum atomic E-state index is -0.669. The molecule has 1 heterocycles. The number of rotatable bonds is 5. The molecule has 0 saturated heterocycles. The number of halogens is 1. The maximum absolute atomic E-state index is 12.8. The van der Waals surface area contributed by atoms with Crippen LogP contribution in [0.3, 0.4) is 0 Å². The van der Waals surface area contributed by atoms with E-state index in [0.29, 0.717) is 6.54 Å². The molecule has 0 amide bonds. The van der Waals surface area contributed by atoms with E-state index in [1.54, 1.807) is 0 Å². The summed E-state index contributed by atoms with van der Waals surface area (Å²) in [7, 11) is 0. The van der Waals surface area contributed by atoms with Crippen molar-refractivity contribution in [3.8, 4) is 6.01 Å². The van der Waals surface area contributed by atoms with E-state index in [1.165, 1.54) is 5.01 Å². The van der Waals surface area contributed by atoms with Gasteiger partial charge in [0, 0.05) is 0 Å². The molecule has 0 spiro atoms. The third-order valence-corrected chi connectivity index (χ3v) is 2.40. The minimum Gasteiger partial charge on any atom is -0.461 e. The third-order valence-electron chi connectivity index (χ3n) is 2.40. The average Bonchev–Trinajstić information content (AvgIpc) is 2.43. The summed E-state index contributed by atoms with van der Waals surface area (Å²) in [6.45, 7) is 0.696. The molecule has 2 rings (SSSR count). The SMILES string of the molecule is Nc1nc(OCCN(N)c2ccccc2)ncc1F. The van der Waals surface area contributed by atoms with Gasteiger partial charge in [-0.05, 0) is 12.1 Å². The molecule has 0 atom stereocenters. The van der Waals surface area contributed by atoms with Crippen molar-refractivity contribution in [1.29, 1.82) is 0 Å². The average molecular weight is 263 g/mol. The van der Waals surface area contributed by atoms with Gasteiger partial charge in [-0.2, -0.15) is 4.98 Å². The van der Waals surface area contributed by atoms with E-state index in [0.717, 1.165) is 11.9 Å². The summed E-state index contributed by atoms with van der Waals surface area (Å²) >= 11 is 0. The molecule has 1 aromatic heterocycles. The van der Waals surface area contributed by atoms with E-state index in [2.05, 4.69) is 9.97 Å². The second-order valence-corrected chi connectivity index (χ2v) is 3.76. The van der Waals surface area contributed by atoms with E-state index in [-0.39, 0.29) is 18.4 Å². The van der Waals surface area contributed by atoms with Crippen molar-refractivity contribution < 1.29 is 9.13 Å². The Bertz CT molecular complexity index is 537. The summed E-state index contributed by atoms with van der Waals surface area (Å²) in [4.78, 5) is 7.31. The maximum atomic E-state index is 12.8. The molecule has 6 nitrogen and oxygen atoms in total. The van der Waals surface area contributed by atoms with E-state index >= 15 is 0 Å². The van der Waals surface area contributed by atoms with Gasteiger partial charge in [0.25, 0.3) is 0 Å². The zero-order valence-corrected chi connectivity index (χ0v) is 10.2. The van der Waals surface area contributed by atoms with Crippen molar-refractivity contribution in [2.24, 2.45) is 5.84 Å². The van der Waals surface area contributed by atoms with Gasteiger partial charge < -0.3 is 15.5 Å². The van der Waals surface area contributed by atoms with Crippen molar-refractivity contribution in [1.82, 2.24) is 9.97 Å². The van der Waals surface area contributed by atoms with Gasteiger partial charge in [0.05, 0.1) is 18.4 Å². The maximum Gasteiger partial charge on any atom is 0.318 e. The number of hydrogen-bond acceptors (Lipinski definition) is 6. The Morgan fingerprint density at radius 1 is 1.26 bits per heavy atom. The predicted octanol–water partition coefficient (Wildman–Crippen LogP) is 0.957. The first kappa shape index (κ1) is 13.0. The second kappa shape index (κ2) is 5.96. The van der Waals surface area contributed by atoms with Crippen LogP contribution in [0.5, 0.6) is 6.01 Å². The molecular weight excluding hydrogens is 249 g/mol. The van der Waals surface area contributed by atoms with E-state index < -0.39 is 5.82 Å². The molecule has 7 heteroatoms. The first-order chi connectivity index (χ1) is 9.16. The van der Waals surface area contributed by atoms with Crippen molar-refractivity contribution in [3.05, 3.63) is 42.3 Å². The van der Waals surface area contributed by atoms with Crippen LogP contribution >= 0.6 is 0 Å². The minimum absolute atomic E-state index is 0.0281. The number of benzene rings is 1. The number of nitrogens with two attached hydrogens (primary N) is 2. The molecule has 0 aliphatic carbocycles. The molecule has 0 bridgehead atoms. The summed E-state index contributed by atoms with van der Waals surface area (Å²) in [6.07, 6.45) is 0.967. The van der Waals surface area contributed by atoms with Gasteiger partial charge in [0.1, 0.15) is 6.61 Å². The number of hydrazine groups is 1. The molecule has 100 valence electrons. The Morgan fingerprint density at radius 2 is 2.00 bits per heavy atom. The van der Waals surface area contributed by atoms with Gasteiger partial charge in [-0.15, -0.1) is 0 Å². The number of ether oxygens (including phenoxy) is 1. The molecular formula is C12H14FN5O. The number of aromatic nitrogens is 2. The van der Waals surface area contributed by atoms with Gasteiger partial charge in [-0.25, -0.2) is 15.2 Å². The van der Waals surface area contributed by atoms with Crippen molar-refractivity contribution in [2.75, 3.05) is 23.9 Å². The Morgan fingerprint density at radius 3 is 2.68 bits per heavy atom. The molecule has 0 aliphatic heterocycles. The van der Waals surface area contributed by atoms with Crippen molar-refractivity contribution in [2.45, 2.75) is 0 Å². The van der Waals surface area contributed by atoms with Crippen LogP contribution in [0.2, 0.25) is 0 Å². The van der Waals surface area contributed by atoms with Gasteiger partial charge in [0.2, 0.25) is 0 Å². The lowest BCUT2D eigenvalue weighted by molar-refractivity contribution is 0.297. The number of nitrogen functional groups attached to an aromatic ring is 1. The molecule has 19 heavy (non-hydrogen) atoms. The predicted molar refractivity (Wildman–Crippen MR) is 69.9 cm³/mol. The zero-order chi connectivity index (χ0) is 13.7. The monoisotopic (exact) mass is 263 g/mol. The highest BCUT2D eigenvalue weighted by atomic mass is 19.1. The lowest BCUT2D eigenvalue weighted by atomic mass is 10.3. The van der Waals surface area contributed by atoms with Gasteiger partial charge in [0.15, 0.2) is 11.6 Å². The molecule has 4 N–H and O–H groups in total. The number of hydrogen-bond donors (Lipinski definition) is 2. The lowest BCUT2D eigenvalue weighted by Gasteiger charge is -2.18. The smallest absolute Gasteiger partial charge is 0.318 e. The standard InChI is InChI=1S/C12H14FN5O/c13-10-8-16-12(17-11(10)14)19-7-6-18(15)9-4-2-1-3-5-9/h1-5,8H,6-7,15H2,(H2,14,16,17). The first-order valence-corrected chi connectivity index (χ1v) is 5.65. The molecule has 0 fully saturated rings. The normalized spacial score (nSPS) is 10.2. The van der Waals surface area contributed by atoms with Crippen LogP contribution in [0.25, 0.3) is 0 Å². The summed E-state index contributed by atoms with van der Waals surface area (Å²) in [5.41, 5.74) is 6.17. The van der Waals surface area contributed by atoms with Crippen LogP contribution in [0.1, 0.15) is 0 Å². The largest absolute Gasteiger partial charge is 0.461 e. The van der Waals surface area contributed by atoms with Crippen LogP contribution in [0.15, 0.2) is 36.5 Å². The summed E-state index contributed by atoms with van der Waals surface area (Å²) in [5, 5.41) is 1.53. The Hall–Kier alpha value is -2.41. The number of anilines is 2. The lowest BCUT2D eigenvalue weighted by Crippen LogP contribution is -2.34. The molecule has 2 aromatic rings. The fraction of sp³-hybridized carbons (Fsp3) is 0.167. The fourth-order valence-corrected chi connectivity index (χ4v) is 1.42. The summed E-state index contributed by atoms with van der Waals surface area (Å²) < 4.78 is 18.1. The Kier molecular flexibility index (Phi) is 4.09. The summed E-state index contributed by atoms with van der Waals surface area (Å²) in [6, 6.07) is 9.47. The van der Waals surface area contributed by atoms with E-state index in [4.69, 9.17) is 16.3 Å². The second-order valence-electron chi connectivity index (χ2n) is 3.76. The van der Waals surface area contributed by atoms with Crippen LogP contribution in [0.4, 0.5) is 15.9 Å². The topological polar surface area (TPSA) is 90.3 Å². The third kappa shape index (κ3) is 3.52. The molecule has 0 saturated carbocycles. The summed E-state index contributed by atoms with van der Waals surface area (Å²) in [5.74, 6) is 4.93. The van der Waals surface area contributed by atoms with Crippen LogP contribution in [0, 0.1) is 5.82 Å². The first-order valence-electron chi connectivity index (χ1n) is 5.65. The van der Waals surface area contributed by atoms with Gasteiger partial charge in [-0.1, -0.05) is 18.2 Å². The van der Waals surface area contributed by atoms with Crippen LogP contribution in [-0.4, -0.2) is 23.1 Å². The number of para-hydroxylation sites is 1. The molecule has 0 unspecified atom stereocenters. The fourth-order valence-electron chi connectivity index (χ4n) is 1.42. The quantitative estimate of drug-likeness (QED) is 0.616. The Labute approximate surface area is 109 Å².